The average molecular weight is 418 g/mol. The van der Waals surface area contributed by atoms with Crippen molar-refractivity contribution in [2.24, 2.45) is 0 Å². The minimum atomic E-state index is -0.202. The molecule has 2 heterocycles. The van der Waals surface area contributed by atoms with Crippen LogP contribution in [0.5, 0.6) is 11.5 Å². The first-order valence-corrected chi connectivity index (χ1v) is 9.48. The molecule has 8 heteroatoms. The summed E-state index contributed by atoms with van der Waals surface area (Å²) in [5.41, 5.74) is 3.60. The largest absolute Gasteiger partial charge is 0.507 e. The minimum Gasteiger partial charge on any atom is -0.507 e. The normalized spacial score (nSPS) is 13.4. The molecule has 1 aromatic heterocycles. The first kappa shape index (κ1) is 18.7. The van der Waals surface area contributed by atoms with Gasteiger partial charge in [-0.3, -0.25) is 9.89 Å². The highest BCUT2D eigenvalue weighted by molar-refractivity contribution is 6.32. The Kier molecular flexibility index (Phi) is 4.91. The van der Waals surface area contributed by atoms with E-state index < -0.39 is 0 Å². The Morgan fingerprint density at radius 3 is 2.64 bits per heavy atom. The number of rotatable bonds is 3. The van der Waals surface area contributed by atoms with Crippen molar-refractivity contribution in [2.45, 2.75) is 19.4 Å². The van der Waals surface area contributed by atoms with Crippen LogP contribution in [0.1, 0.15) is 16.8 Å². The standard InChI is InChI=1S/C20H17Cl2N3O3/c21-12-3-1-11(2-4-12)7-19(28)25-6-5-16-14(10-25)20(24-23-16)13-8-15(22)18(27)9-17(13)26/h1-4,8-9,26-27H,5-7,10H2,(H,23,24). The number of fused-ring (bicyclic) bond motifs is 1. The predicted molar refractivity (Wildman–Crippen MR) is 107 cm³/mol. The summed E-state index contributed by atoms with van der Waals surface area (Å²) in [4.78, 5) is 14.5. The molecule has 0 bridgehead atoms. The van der Waals surface area contributed by atoms with Gasteiger partial charge in [0, 0.05) is 47.4 Å². The van der Waals surface area contributed by atoms with Gasteiger partial charge >= 0.3 is 0 Å². The number of H-pyrrole nitrogens is 1. The van der Waals surface area contributed by atoms with Crippen molar-refractivity contribution < 1.29 is 15.0 Å². The smallest absolute Gasteiger partial charge is 0.227 e. The molecule has 0 saturated carbocycles. The molecule has 2 aromatic carbocycles. The first-order chi connectivity index (χ1) is 13.4. The molecule has 0 fully saturated rings. The van der Waals surface area contributed by atoms with Crippen LogP contribution >= 0.6 is 23.2 Å². The molecular weight excluding hydrogens is 401 g/mol. The third-order valence-electron chi connectivity index (χ3n) is 4.88. The Morgan fingerprint density at radius 2 is 1.89 bits per heavy atom. The molecule has 0 unspecified atom stereocenters. The molecule has 0 aliphatic carbocycles. The number of aromatic amines is 1. The molecule has 0 radical (unpaired) electrons. The Morgan fingerprint density at radius 1 is 1.14 bits per heavy atom. The molecule has 3 aromatic rings. The second-order valence-corrected chi connectivity index (χ2v) is 7.56. The summed E-state index contributed by atoms with van der Waals surface area (Å²) in [5.74, 6) is -0.319. The van der Waals surface area contributed by atoms with E-state index in [0.717, 1.165) is 16.8 Å². The van der Waals surface area contributed by atoms with E-state index in [1.807, 2.05) is 12.1 Å². The SMILES string of the molecule is O=C(Cc1ccc(Cl)cc1)N1CCc2[nH]nc(-c3cc(Cl)c(O)cc3O)c2C1. The van der Waals surface area contributed by atoms with Gasteiger partial charge in [-0.15, -0.1) is 0 Å². The zero-order chi connectivity index (χ0) is 19.8. The van der Waals surface area contributed by atoms with Gasteiger partial charge in [0.15, 0.2) is 0 Å². The molecule has 0 spiro atoms. The van der Waals surface area contributed by atoms with Gasteiger partial charge < -0.3 is 15.1 Å². The lowest BCUT2D eigenvalue weighted by atomic mass is 9.99. The summed E-state index contributed by atoms with van der Waals surface area (Å²) in [6.45, 7) is 0.967. The summed E-state index contributed by atoms with van der Waals surface area (Å²) in [7, 11) is 0. The van der Waals surface area contributed by atoms with Crippen LogP contribution in [0.4, 0.5) is 0 Å². The van der Waals surface area contributed by atoms with Gasteiger partial charge in [-0.2, -0.15) is 5.10 Å². The van der Waals surface area contributed by atoms with E-state index in [1.165, 1.54) is 12.1 Å². The lowest BCUT2D eigenvalue weighted by Gasteiger charge is -2.27. The van der Waals surface area contributed by atoms with E-state index in [2.05, 4.69) is 10.2 Å². The summed E-state index contributed by atoms with van der Waals surface area (Å²) in [6.07, 6.45) is 0.928. The van der Waals surface area contributed by atoms with Crippen molar-refractivity contribution in [3.8, 4) is 22.8 Å². The van der Waals surface area contributed by atoms with Gasteiger partial charge in [0.05, 0.1) is 11.4 Å². The topological polar surface area (TPSA) is 89.5 Å². The highest BCUT2D eigenvalue weighted by Gasteiger charge is 2.27. The number of nitrogens with zero attached hydrogens (tertiary/aromatic N) is 2. The molecule has 1 aliphatic rings. The zero-order valence-electron chi connectivity index (χ0n) is 14.7. The van der Waals surface area contributed by atoms with Gasteiger partial charge in [-0.25, -0.2) is 0 Å². The van der Waals surface area contributed by atoms with E-state index in [-0.39, 0.29) is 28.8 Å². The average Bonchev–Trinajstić information content (AvgIpc) is 3.09. The monoisotopic (exact) mass is 417 g/mol. The molecule has 3 N–H and O–H groups in total. The van der Waals surface area contributed by atoms with E-state index in [0.29, 0.717) is 35.8 Å². The van der Waals surface area contributed by atoms with Crippen molar-refractivity contribution in [1.29, 1.82) is 0 Å². The van der Waals surface area contributed by atoms with E-state index in [4.69, 9.17) is 23.2 Å². The van der Waals surface area contributed by atoms with Gasteiger partial charge in [0.2, 0.25) is 5.91 Å². The number of aromatic hydroxyl groups is 2. The number of phenolic OH excluding ortho intramolecular Hbond substituents is 2. The molecule has 1 amide bonds. The Labute approximate surface area is 171 Å². The van der Waals surface area contributed by atoms with Crippen LogP contribution in [0.15, 0.2) is 36.4 Å². The number of carbonyl (C=O) groups excluding carboxylic acids is 1. The molecular formula is C20H17Cl2N3O3. The number of amides is 1. The maximum Gasteiger partial charge on any atom is 0.227 e. The Bertz CT molecular complexity index is 1050. The fourth-order valence-electron chi connectivity index (χ4n) is 3.36. The van der Waals surface area contributed by atoms with Crippen molar-refractivity contribution in [3.63, 3.8) is 0 Å². The van der Waals surface area contributed by atoms with Crippen molar-refractivity contribution >= 4 is 29.1 Å². The molecule has 4 rings (SSSR count). The number of nitrogens with one attached hydrogen (secondary N) is 1. The van der Waals surface area contributed by atoms with Gasteiger partial charge in [0.1, 0.15) is 17.2 Å². The first-order valence-electron chi connectivity index (χ1n) is 8.72. The highest BCUT2D eigenvalue weighted by atomic mass is 35.5. The third kappa shape index (κ3) is 3.53. The quantitative estimate of drug-likeness (QED) is 0.602. The lowest BCUT2D eigenvalue weighted by Crippen LogP contribution is -2.36. The van der Waals surface area contributed by atoms with Gasteiger partial charge in [-0.1, -0.05) is 35.3 Å². The molecule has 144 valence electrons. The zero-order valence-corrected chi connectivity index (χ0v) is 16.3. The minimum absolute atomic E-state index is 0.00748. The van der Waals surface area contributed by atoms with Crippen LogP contribution in [0.25, 0.3) is 11.3 Å². The van der Waals surface area contributed by atoms with Crippen LogP contribution in [-0.4, -0.2) is 37.8 Å². The summed E-state index contributed by atoms with van der Waals surface area (Å²) < 4.78 is 0. The molecule has 28 heavy (non-hydrogen) atoms. The predicted octanol–water partition coefficient (Wildman–Crippen LogP) is 3.92. The fraction of sp³-hybridized carbons (Fsp3) is 0.200. The molecule has 0 atom stereocenters. The van der Waals surface area contributed by atoms with Crippen LogP contribution < -0.4 is 0 Å². The van der Waals surface area contributed by atoms with Crippen molar-refractivity contribution in [1.82, 2.24) is 15.1 Å². The summed E-state index contributed by atoms with van der Waals surface area (Å²) in [6, 6.07) is 9.88. The molecule has 1 aliphatic heterocycles. The van der Waals surface area contributed by atoms with Crippen LogP contribution in [-0.2, 0) is 24.2 Å². The molecule has 6 nitrogen and oxygen atoms in total. The van der Waals surface area contributed by atoms with Crippen LogP contribution in [0.2, 0.25) is 10.0 Å². The number of aromatic nitrogens is 2. The van der Waals surface area contributed by atoms with Crippen LogP contribution in [0.3, 0.4) is 0 Å². The summed E-state index contributed by atoms with van der Waals surface area (Å²) in [5, 5.41) is 27.9. The second-order valence-electron chi connectivity index (χ2n) is 6.72. The third-order valence-corrected chi connectivity index (χ3v) is 5.43. The maximum atomic E-state index is 12.8. The molecule has 0 saturated heterocycles. The van der Waals surface area contributed by atoms with Crippen molar-refractivity contribution in [2.75, 3.05) is 6.54 Å². The number of halogens is 2. The number of hydrogen-bond donors (Lipinski definition) is 3. The Hall–Kier alpha value is -2.70. The number of hydrogen-bond acceptors (Lipinski definition) is 4. The van der Waals surface area contributed by atoms with Gasteiger partial charge in [0.25, 0.3) is 0 Å². The summed E-state index contributed by atoms with van der Waals surface area (Å²) >= 11 is 11.9. The van der Waals surface area contributed by atoms with Gasteiger partial charge in [-0.05, 0) is 23.8 Å². The lowest BCUT2D eigenvalue weighted by molar-refractivity contribution is -0.131. The fourth-order valence-corrected chi connectivity index (χ4v) is 3.65. The number of benzene rings is 2. The van der Waals surface area contributed by atoms with Crippen molar-refractivity contribution in [3.05, 3.63) is 63.3 Å². The number of phenols is 2. The number of carbonyl (C=O) groups is 1. The van der Waals surface area contributed by atoms with E-state index in [1.54, 1.807) is 17.0 Å². The van der Waals surface area contributed by atoms with E-state index >= 15 is 0 Å². The van der Waals surface area contributed by atoms with Crippen LogP contribution in [0, 0.1) is 0 Å². The highest BCUT2D eigenvalue weighted by Crippen LogP contribution is 2.39. The Balaban J connectivity index is 1.59. The second kappa shape index (κ2) is 7.37. The maximum absolute atomic E-state index is 12.8. The van der Waals surface area contributed by atoms with E-state index in [9.17, 15) is 15.0 Å².